The molecule has 2 aliphatic rings. The number of carbonyl (C=O) groups is 2. The van der Waals surface area contributed by atoms with Crippen molar-refractivity contribution in [3.63, 3.8) is 0 Å². The number of aliphatic hydroxyl groups excluding tert-OH is 1. The van der Waals surface area contributed by atoms with Crippen LogP contribution in [-0.4, -0.2) is 57.2 Å². The predicted molar refractivity (Wildman–Crippen MR) is 104 cm³/mol. The molecule has 8 nitrogen and oxygen atoms in total. The van der Waals surface area contributed by atoms with Crippen molar-refractivity contribution in [3.8, 4) is 0 Å². The smallest absolute Gasteiger partial charge is 0.329 e. The molecule has 28 heavy (non-hydrogen) atoms. The Morgan fingerprint density at radius 1 is 1.11 bits per heavy atom. The number of nitrogens with zero attached hydrogens (tertiary/aromatic N) is 3. The molecule has 2 fully saturated rings. The third kappa shape index (κ3) is 3.27. The minimum absolute atomic E-state index is 0.187. The van der Waals surface area contributed by atoms with E-state index in [4.69, 9.17) is 5.11 Å². The van der Waals surface area contributed by atoms with Crippen LogP contribution >= 0.6 is 0 Å². The molecule has 2 amide bonds. The summed E-state index contributed by atoms with van der Waals surface area (Å²) in [4.78, 5) is 38.8. The molecule has 0 bridgehead atoms. The Morgan fingerprint density at radius 2 is 1.86 bits per heavy atom. The zero-order valence-corrected chi connectivity index (χ0v) is 16.1. The minimum atomic E-state index is -0.651. The molecule has 8 heteroatoms. The second-order valence-electron chi connectivity index (χ2n) is 7.77. The highest BCUT2D eigenvalue weighted by molar-refractivity contribution is 6.00. The zero-order valence-electron chi connectivity index (χ0n) is 16.1. The number of aliphatic hydroxyl groups is 1. The second kappa shape index (κ2) is 7.52. The Labute approximate surface area is 162 Å². The molecule has 0 radical (unpaired) electrons. The number of piperidine rings is 2. The molecule has 4 rings (SSSR count). The van der Waals surface area contributed by atoms with Crippen LogP contribution in [0.5, 0.6) is 0 Å². The van der Waals surface area contributed by atoms with Gasteiger partial charge >= 0.3 is 5.69 Å². The molecule has 2 aliphatic heterocycles. The molecule has 3 heterocycles. The molecule has 1 aromatic carbocycles. The first-order valence-corrected chi connectivity index (χ1v) is 9.87. The van der Waals surface area contributed by atoms with Crippen molar-refractivity contribution in [1.82, 2.24) is 19.4 Å². The maximum atomic E-state index is 12.8. The zero-order chi connectivity index (χ0) is 19.8. The van der Waals surface area contributed by atoms with Gasteiger partial charge in [0, 0.05) is 20.0 Å². The summed E-state index contributed by atoms with van der Waals surface area (Å²) in [6, 6.07) is 5.39. The molecule has 0 saturated carbocycles. The third-order valence-electron chi connectivity index (χ3n) is 6.11. The van der Waals surface area contributed by atoms with Crippen LogP contribution in [-0.2, 0) is 16.6 Å². The second-order valence-corrected chi connectivity index (χ2v) is 7.77. The molecule has 2 saturated heterocycles. The number of imidazole rings is 1. The highest BCUT2D eigenvalue weighted by Crippen LogP contribution is 2.31. The number of aromatic nitrogens is 2. The van der Waals surface area contributed by atoms with Crippen LogP contribution in [0.15, 0.2) is 23.0 Å². The Morgan fingerprint density at radius 3 is 2.54 bits per heavy atom. The number of β-amino-alcohol motifs (C(OH)–C–C–N with tert-alkyl or cyclic N) is 1. The molecule has 1 unspecified atom stereocenters. The number of rotatable bonds is 4. The first kappa shape index (κ1) is 18.9. The minimum Gasteiger partial charge on any atom is -0.395 e. The highest BCUT2D eigenvalue weighted by atomic mass is 16.3. The van der Waals surface area contributed by atoms with Gasteiger partial charge in [-0.3, -0.25) is 24.0 Å². The lowest BCUT2D eigenvalue weighted by Crippen LogP contribution is -2.44. The van der Waals surface area contributed by atoms with E-state index in [1.54, 1.807) is 11.6 Å². The van der Waals surface area contributed by atoms with Gasteiger partial charge in [-0.2, -0.15) is 0 Å². The molecule has 0 spiro atoms. The number of imide groups is 1. The number of fused-ring (bicyclic) bond motifs is 1. The van der Waals surface area contributed by atoms with Crippen LogP contribution in [0.4, 0.5) is 0 Å². The summed E-state index contributed by atoms with van der Waals surface area (Å²) in [5, 5.41) is 11.4. The first-order valence-electron chi connectivity index (χ1n) is 9.87. The number of benzene rings is 1. The van der Waals surface area contributed by atoms with Gasteiger partial charge in [0.2, 0.25) is 11.8 Å². The Bertz CT molecular complexity index is 968. The van der Waals surface area contributed by atoms with Crippen LogP contribution < -0.4 is 11.0 Å². The maximum absolute atomic E-state index is 12.8. The molecular formula is C20H26N4O4. The number of carbonyl (C=O) groups excluding carboxylic acids is 2. The van der Waals surface area contributed by atoms with Gasteiger partial charge in [-0.05, 0) is 56.0 Å². The first-order chi connectivity index (χ1) is 13.5. The van der Waals surface area contributed by atoms with E-state index in [-0.39, 0.29) is 24.6 Å². The molecule has 150 valence electrons. The van der Waals surface area contributed by atoms with Gasteiger partial charge in [0.15, 0.2) is 0 Å². The summed E-state index contributed by atoms with van der Waals surface area (Å²) in [5.41, 5.74) is 2.50. The van der Waals surface area contributed by atoms with E-state index in [0.29, 0.717) is 12.3 Å². The van der Waals surface area contributed by atoms with Gasteiger partial charge in [-0.1, -0.05) is 6.07 Å². The lowest BCUT2D eigenvalue weighted by atomic mass is 9.89. The van der Waals surface area contributed by atoms with Crippen molar-refractivity contribution in [3.05, 3.63) is 34.2 Å². The molecule has 1 atom stereocenters. The summed E-state index contributed by atoms with van der Waals surface area (Å²) < 4.78 is 3.11. The van der Waals surface area contributed by atoms with Crippen LogP contribution in [0.25, 0.3) is 11.0 Å². The number of amides is 2. The van der Waals surface area contributed by atoms with Crippen molar-refractivity contribution < 1.29 is 14.7 Å². The topological polar surface area (TPSA) is 96.6 Å². The molecule has 2 N–H and O–H groups in total. The summed E-state index contributed by atoms with van der Waals surface area (Å²) in [6.45, 7) is 2.82. The molecule has 0 aliphatic carbocycles. The highest BCUT2D eigenvalue weighted by Gasteiger charge is 2.31. The van der Waals surface area contributed by atoms with Crippen molar-refractivity contribution in [2.24, 2.45) is 7.05 Å². The van der Waals surface area contributed by atoms with Crippen LogP contribution in [0.3, 0.4) is 0 Å². The Kier molecular flexibility index (Phi) is 5.07. The van der Waals surface area contributed by atoms with E-state index in [1.165, 1.54) is 10.1 Å². The van der Waals surface area contributed by atoms with Crippen molar-refractivity contribution in [2.75, 3.05) is 26.2 Å². The quantitative estimate of drug-likeness (QED) is 0.746. The number of hydrogen-bond acceptors (Lipinski definition) is 5. The van der Waals surface area contributed by atoms with E-state index >= 15 is 0 Å². The van der Waals surface area contributed by atoms with Crippen LogP contribution in [0, 0.1) is 0 Å². The van der Waals surface area contributed by atoms with Crippen molar-refractivity contribution in [1.29, 1.82) is 0 Å². The Balaban J connectivity index is 1.65. The number of aryl methyl sites for hydroxylation is 1. The fourth-order valence-electron chi connectivity index (χ4n) is 4.50. The van der Waals surface area contributed by atoms with E-state index < -0.39 is 11.9 Å². The molecular weight excluding hydrogens is 360 g/mol. The summed E-state index contributed by atoms with van der Waals surface area (Å²) >= 11 is 0. The fourth-order valence-corrected chi connectivity index (χ4v) is 4.50. The number of hydrogen-bond donors (Lipinski definition) is 2. The van der Waals surface area contributed by atoms with E-state index in [2.05, 4.69) is 22.3 Å². The third-order valence-corrected chi connectivity index (χ3v) is 6.11. The summed E-state index contributed by atoms with van der Waals surface area (Å²) in [5.74, 6) is -0.274. The van der Waals surface area contributed by atoms with Gasteiger partial charge < -0.3 is 10.0 Å². The van der Waals surface area contributed by atoms with Crippen molar-refractivity contribution >= 4 is 22.8 Å². The standard InChI is InChI=1S/C20H26N4O4/c1-22-17-12-14(13-6-8-23(9-7-13)10-11-25)2-3-15(17)24(20(22)28)16-4-5-18(26)21-19(16)27/h2-3,12-13,16,25H,4-11H2,1H3,(H,21,26,27). The number of likely N-dealkylation sites (tertiary alicyclic amines) is 1. The van der Waals surface area contributed by atoms with Crippen molar-refractivity contribution in [2.45, 2.75) is 37.6 Å². The largest absolute Gasteiger partial charge is 0.395 e. The number of nitrogens with one attached hydrogen (secondary N) is 1. The van der Waals surface area contributed by atoms with E-state index in [9.17, 15) is 14.4 Å². The molecule has 1 aromatic heterocycles. The van der Waals surface area contributed by atoms with E-state index in [1.807, 2.05) is 6.07 Å². The monoisotopic (exact) mass is 386 g/mol. The lowest BCUT2D eigenvalue weighted by molar-refractivity contribution is -0.135. The van der Waals surface area contributed by atoms with Crippen LogP contribution in [0.2, 0.25) is 0 Å². The summed E-state index contributed by atoms with van der Waals surface area (Å²) in [7, 11) is 1.72. The SMILES string of the molecule is Cn1c(=O)n(C2CCC(=O)NC2=O)c2ccc(C3CCN(CCO)CC3)cc21. The van der Waals surface area contributed by atoms with E-state index in [0.717, 1.165) is 43.5 Å². The fraction of sp³-hybridized carbons (Fsp3) is 0.550. The van der Waals surface area contributed by atoms with Gasteiger partial charge in [-0.25, -0.2) is 4.79 Å². The maximum Gasteiger partial charge on any atom is 0.329 e. The normalized spacial score (nSPS) is 22.0. The van der Waals surface area contributed by atoms with Gasteiger partial charge in [-0.15, -0.1) is 0 Å². The van der Waals surface area contributed by atoms with Gasteiger partial charge in [0.25, 0.3) is 0 Å². The average molecular weight is 386 g/mol. The summed E-state index contributed by atoms with van der Waals surface area (Å²) in [6.07, 6.45) is 2.62. The van der Waals surface area contributed by atoms with Gasteiger partial charge in [0.05, 0.1) is 17.6 Å². The van der Waals surface area contributed by atoms with Gasteiger partial charge in [0.1, 0.15) is 6.04 Å². The lowest BCUT2D eigenvalue weighted by Gasteiger charge is -2.31. The average Bonchev–Trinajstić information content (AvgIpc) is 2.93. The Hall–Kier alpha value is -2.45. The molecule has 2 aromatic rings. The predicted octanol–water partition coefficient (Wildman–Crippen LogP) is 0.489. The van der Waals surface area contributed by atoms with Crippen LogP contribution in [0.1, 0.15) is 43.2 Å².